The van der Waals surface area contributed by atoms with E-state index in [-0.39, 0.29) is 0 Å². The van der Waals surface area contributed by atoms with Gasteiger partial charge in [-0.05, 0) is 13.1 Å². The van der Waals surface area contributed by atoms with Crippen molar-refractivity contribution in [2.24, 2.45) is 0 Å². The van der Waals surface area contributed by atoms with Gasteiger partial charge in [-0.25, -0.2) is 0 Å². The highest BCUT2D eigenvalue weighted by atomic mass is 28.3. The Morgan fingerprint density at radius 1 is 1.06 bits per heavy atom. The third kappa shape index (κ3) is 4.17. The summed E-state index contributed by atoms with van der Waals surface area (Å²) in [6.07, 6.45) is 0. The summed E-state index contributed by atoms with van der Waals surface area (Å²) < 4.78 is 3.47. The maximum Gasteiger partial charge on any atom is 0.147 e. The zero-order valence-electron chi connectivity index (χ0n) is 12.4. The smallest absolute Gasteiger partial charge is 0.147 e. The second kappa shape index (κ2) is 4.82. The molecule has 3 heteroatoms. The highest BCUT2D eigenvalue weighted by Crippen LogP contribution is 2.25. The molecule has 0 bridgehead atoms. The normalized spacial score (nSPS) is 12.6. The van der Waals surface area contributed by atoms with Crippen molar-refractivity contribution in [2.45, 2.75) is 26.2 Å². The number of benzene rings is 1. The van der Waals surface area contributed by atoms with E-state index >= 15 is 0 Å². The lowest BCUT2D eigenvalue weighted by Crippen LogP contribution is -2.44. The molecule has 0 atom stereocenters. The zero-order valence-corrected chi connectivity index (χ0v) is 13.4. The monoisotopic (exact) mass is 251 g/mol. The minimum Gasteiger partial charge on any atom is -0.400 e. The number of hydrogen-bond acceptors (Lipinski definition) is 1. The molecule has 0 aromatic heterocycles. The minimum absolute atomic E-state index is 0.969. The Bertz CT molecular complexity index is 375. The van der Waals surface area contributed by atoms with E-state index in [1.54, 1.807) is 0 Å². The molecular formula is C14H27N2Si+. The van der Waals surface area contributed by atoms with E-state index in [4.69, 9.17) is 0 Å². The van der Waals surface area contributed by atoms with Crippen LogP contribution in [0.25, 0.3) is 0 Å². The van der Waals surface area contributed by atoms with Gasteiger partial charge in [-0.15, -0.1) is 0 Å². The molecule has 1 aromatic carbocycles. The fraction of sp³-hybridized carbons (Fsp3) is 0.571. The largest absolute Gasteiger partial charge is 0.400 e. The van der Waals surface area contributed by atoms with E-state index in [9.17, 15) is 0 Å². The first kappa shape index (κ1) is 14.3. The van der Waals surface area contributed by atoms with E-state index < -0.39 is 8.24 Å². The van der Waals surface area contributed by atoms with Crippen LogP contribution in [0.3, 0.4) is 0 Å². The number of hydrogen-bond donors (Lipinski definition) is 0. The molecule has 0 saturated carbocycles. The van der Waals surface area contributed by atoms with E-state index in [0.29, 0.717) is 0 Å². The Labute approximate surface area is 108 Å². The lowest BCUT2D eigenvalue weighted by Gasteiger charge is -2.35. The number of anilines is 1. The average Bonchev–Trinajstić information content (AvgIpc) is 2.13. The van der Waals surface area contributed by atoms with Gasteiger partial charge in [0.15, 0.2) is 0 Å². The van der Waals surface area contributed by atoms with Gasteiger partial charge in [-0.1, -0.05) is 37.8 Å². The second-order valence-electron chi connectivity index (χ2n) is 6.81. The first-order valence-electron chi connectivity index (χ1n) is 6.23. The number of quaternary nitrogens is 1. The summed E-state index contributed by atoms with van der Waals surface area (Å²) >= 11 is 0. The Hall–Kier alpha value is -0.803. The average molecular weight is 251 g/mol. The zero-order chi connectivity index (χ0) is 13.3. The maximum atomic E-state index is 2.50. The van der Waals surface area contributed by atoms with Crippen molar-refractivity contribution >= 4 is 13.9 Å². The lowest BCUT2D eigenvalue weighted by atomic mass is 10.1. The topological polar surface area (TPSA) is 3.24 Å². The number of rotatable bonds is 4. The quantitative estimate of drug-likeness (QED) is 0.587. The predicted molar refractivity (Wildman–Crippen MR) is 79.9 cm³/mol. The van der Waals surface area contributed by atoms with E-state index in [1.165, 1.54) is 11.3 Å². The van der Waals surface area contributed by atoms with Crippen LogP contribution in [-0.4, -0.2) is 40.9 Å². The standard InChI is InChI=1S/C14H27N2Si/c1-15(17(5,6)7)14-11-9-8-10-13(14)12-16(2,3)4/h8-11H,12H2,1-7H3/q+1. The number of para-hydroxylation sites is 1. The van der Waals surface area contributed by atoms with Gasteiger partial charge in [0.25, 0.3) is 0 Å². The molecule has 0 radical (unpaired) electrons. The summed E-state index contributed by atoms with van der Waals surface area (Å²) in [6, 6.07) is 8.80. The van der Waals surface area contributed by atoms with Crippen molar-refractivity contribution in [2.75, 3.05) is 32.8 Å². The fourth-order valence-corrected chi connectivity index (χ4v) is 2.78. The Morgan fingerprint density at radius 3 is 2.06 bits per heavy atom. The maximum absolute atomic E-state index is 2.50. The van der Waals surface area contributed by atoms with Gasteiger partial charge < -0.3 is 9.05 Å². The van der Waals surface area contributed by atoms with Crippen molar-refractivity contribution in [1.82, 2.24) is 0 Å². The van der Waals surface area contributed by atoms with Gasteiger partial charge in [0.2, 0.25) is 0 Å². The van der Waals surface area contributed by atoms with Crippen LogP contribution in [0.5, 0.6) is 0 Å². The Morgan fingerprint density at radius 2 is 1.59 bits per heavy atom. The summed E-state index contributed by atoms with van der Waals surface area (Å²) in [5.41, 5.74) is 2.85. The van der Waals surface area contributed by atoms with Crippen molar-refractivity contribution in [3.63, 3.8) is 0 Å². The van der Waals surface area contributed by atoms with Crippen molar-refractivity contribution in [3.8, 4) is 0 Å². The van der Waals surface area contributed by atoms with Gasteiger partial charge >= 0.3 is 0 Å². The molecule has 17 heavy (non-hydrogen) atoms. The summed E-state index contributed by atoms with van der Waals surface area (Å²) in [5.74, 6) is 0. The molecule has 96 valence electrons. The van der Waals surface area contributed by atoms with Gasteiger partial charge in [-0.2, -0.15) is 0 Å². The van der Waals surface area contributed by atoms with Crippen LogP contribution >= 0.6 is 0 Å². The van der Waals surface area contributed by atoms with Crippen molar-refractivity contribution in [3.05, 3.63) is 29.8 Å². The molecule has 0 fully saturated rings. The molecular weight excluding hydrogens is 224 g/mol. The van der Waals surface area contributed by atoms with Crippen molar-refractivity contribution < 1.29 is 4.48 Å². The van der Waals surface area contributed by atoms with Gasteiger partial charge in [0.1, 0.15) is 14.8 Å². The van der Waals surface area contributed by atoms with Crippen LogP contribution in [0.15, 0.2) is 24.3 Å². The van der Waals surface area contributed by atoms with Crippen LogP contribution < -0.4 is 4.57 Å². The highest BCUT2D eigenvalue weighted by Gasteiger charge is 2.23. The van der Waals surface area contributed by atoms with Crippen LogP contribution in [0.1, 0.15) is 5.56 Å². The second-order valence-corrected chi connectivity index (χ2v) is 11.8. The highest BCUT2D eigenvalue weighted by molar-refractivity contribution is 6.79. The molecule has 0 saturated heterocycles. The van der Waals surface area contributed by atoms with Crippen LogP contribution in [0, 0.1) is 0 Å². The molecule has 0 heterocycles. The molecule has 0 spiro atoms. The fourth-order valence-electron chi connectivity index (χ4n) is 1.84. The molecule has 0 aliphatic rings. The minimum atomic E-state index is -1.28. The summed E-state index contributed by atoms with van der Waals surface area (Å²) in [5, 5.41) is 0. The first-order valence-corrected chi connectivity index (χ1v) is 9.68. The van der Waals surface area contributed by atoms with E-state index in [1.807, 2.05) is 0 Å². The Kier molecular flexibility index (Phi) is 4.05. The lowest BCUT2D eigenvalue weighted by molar-refractivity contribution is -0.883. The van der Waals surface area contributed by atoms with Crippen LogP contribution in [0.2, 0.25) is 19.6 Å². The SMILES string of the molecule is CN(c1ccccc1C[N+](C)(C)C)[Si](C)(C)C. The van der Waals surface area contributed by atoms with Gasteiger partial charge in [0.05, 0.1) is 21.1 Å². The first-order chi connectivity index (χ1) is 7.61. The molecule has 0 aliphatic carbocycles. The molecule has 1 aromatic rings. The molecule has 2 nitrogen and oxygen atoms in total. The summed E-state index contributed by atoms with van der Waals surface area (Å²) in [7, 11) is 7.68. The number of nitrogens with zero attached hydrogens (tertiary/aromatic N) is 2. The van der Waals surface area contributed by atoms with E-state index in [0.717, 1.165) is 11.0 Å². The van der Waals surface area contributed by atoms with Crippen LogP contribution in [-0.2, 0) is 6.54 Å². The molecule has 0 aliphatic heterocycles. The van der Waals surface area contributed by atoms with Gasteiger partial charge in [-0.3, -0.25) is 0 Å². The van der Waals surface area contributed by atoms with Gasteiger partial charge in [0, 0.05) is 11.3 Å². The molecule has 1 rings (SSSR count). The van der Waals surface area contributed by atoms with Crippen LogP contribution in [0.4, 0.5) is 5.69 Å². The van der Waals surface area contributed by atoms with Crippen molar-refractivity contribution in [1.29, 1.82) is 0 Å². The Balaban J connectivity index is 3.08. The molecule has 0 unspecified atom stereocenters. The molecule has 0 amide bonds. The third-order valence-electron chi connectivity index (χ3n) is 3.00. The summed E-state index contributed by atoms with van der Waals surface area (Å²) in [4.78, 5) is 0. The van der Waals surface area contributed by atoms with E-state index in [2.05, 4.69) is 76.7 Å². The third-order valence-corrected chi connectivity index (χ3v) is 5.26. The summed E-state index contributed by atoms with van der Waals surface area (Å²) in [6.45, 7) is 8.23. The molecule has 0 N–H and O–H groups in total. The predicted octanol–water partition coefficient (Wildman–Crippen LogP) is 3.16.